The van der Waals surface area contributed by atoms with Gasteiger partial charge >= 0.3 is 0 Å². The highest BCUT2D eigenvalue weighted by Gasteiger charge is 2.16. The minimum absolute atomic E-state index is 0.0122. The Bertz CT molecular complexity index is 515. The predicted octanol–water partition coefficient (Wildman–Crippen LogP) is 2.29. The molecule has 21 heavy (non-hydrogen) atoms. The Balaban J connectivity index is 2.12. The Morgan fingerprint density at radius 3 is 2.43 bits per heavy atom. The summed E-state index contributed by atoms with van der Waals surface area (Å²) in [5.74, 6) is -0.0122. The van der Waals surface area contributed by atoms with E-state index in [9.17, 15) is 4.79 Å². The van der Waals surface area contributed by atoms with E-state index in [0.29, 0.717) is 0 Å². The zero-order valence-electron chi connectivity index (χ0n) is 12.4. The maximum absolute atomic E-state index is 11.8. The van der Waals surface area contributed by atoms with Gasteiger partial charge in [0, 0.05) is 12.2 Å². The molecule has 1 aromatic carbocycles. The maximum atomic E-state index is 11.8. The van der Waals surface area contributed by atoms with Crippen molar-refractivity contribution >= 4 is 5.91 Å². The third kappa shape index (κ3) is 4.68. The Morgan fingerprint density at radius 1 is 1.10 bits per heavy atom. The molecule has 1 heterocycles. The second-order valence-electron chi connectivity index (χ2n) is 5.20. The van der Waals surface area contributed by atoms with Crippen molar-refractivity contribution in [2.45, 2.75) is 25.9 Å². The van der Waals surface area contributed by atoms with Gasteiger partial charge in [0.05, 0.1) is 18.3 Å². The summed E-state index contributed by atoms with van der Waals surface area (Å²) in [5.41, 5.74) is 1.99. The number of amides is 1. The van der Waals surface area contributed by atoms with Crippen LogP contribution in [0.5, 0.6) is 0 Å². The first-order chi connectivity index (χ1) is 10.2. The van der Waals surface area contributed by atoms with Crippen LogP contribution in [0.25, 0.3) is 0 Å². The third-order valence-corrected chi connectivity index (χ3v) is 3.03. The summed E-state index contributed by atoms with van der Waals surface area (Å²) in [7, 11) is 0. The van der Waals surface area contributed by atoms with Crippen molar-refractivity contribution in [1.82, 2.24) is 15.6 Å². The first-order valence-electron chi connectivity index (χ1n) is 7.15. The number of carbonyl (C=O) groups is 1. The molecule has 0 radical (unpaired) electrons. The normalized spacial score (nSPS) is 12.1. The lowest BCUT2D eigenvalue weighted by Gasteiger charge is -2.19. The lowest BCUT2D eigenvalue weighted by Crippen LogP contribution is -2.39. The predicted molar refractivity (Wildman–Crippen MR) is 83.8 cm³/mol. The molecule has 1 atom stereocenters. The summed E-state index contributed by atoms with van der Waals surface area (Å²) in [5, 5.41) is 6.16. The Hall–Kier alpha value is -2.20. The van der Waals surface area contributed by atoms with Crippen molar-refractivity contribution in [3.63, 3.8) is 0 Å². The highest BCUT2D eigenvalue weighted by atomic mass is 16.1. The average Bonchev–Trinajstić information content (AvgIpc) is 2.49. The zero-order valence-corrected chi connectivity index (χ0v) is 12.4. The Kier molecular flexibility index (Phi) is 5.46. The van der Waals surface area contributed by atoms with Gasteiger partial charge in [0.15, 0.2) is 0 Å². The van der Waals surface area contributed by atoms with Gasteiger partial charge in [-0.1, -0.05) is 36.4 Å². The summed E-state index contributed by atoms with van der Waals surface area (Å²) < 4.78 is 0. The van der Waals surface area contributed by atoms with Gasteiger partial charge in [-0.15, -0.1) is 0 Å². The molecule has 0 bridgehead atoms. The van der Waals surface area contributed by atoms with Gasteiger partial charge < -0.3 is 5.32 Å². The highest BCUT2D eigenvalue weighted by Crippen LogP contribution is 2.19. The molecular weight excluding hydrogens is 262 g/mol. The van der Waals surface area contributed by atoms with Crippen LogP contribution in [0.15, 0.2) is 54.7 Å². The summed E-state index contributed by atoms with van der Waals surface area (Å²) in [6, 6.07) is 15.9. The van der Waals surface area contributed by atoms with Crippen molar-refractivity contribution < 1.29 is 4.79 Å². The summed E-state index contributed by atoms with van der Waals surface area (Å²) in [4.78, 5) is 16.2. The summed E-state index contributed by atoms with van der Waals surface area (Å²) in [6.45, 7) is 4.16. The van der Waals surface area contributed by atoms with Gasteiger partial charge in [-0.2, -0.15) is 0 Å². The van der Waals surface area contributed by atoms with E-state index in [1.807, 2.05) is 62.4 Å². The van der Waals surface area contributed by atoms with E-state index in [1.54, 1.807) is 6.20 Å². The molecule has 1 amide bonds. The molecule has 2 aromatic rings. The number of hydrogen-bond donors (Lipinski definition) is 2. The largest absolute Gasteiger partial charge is 0.353 e. The monoisotopic (exact) mass is 283 g/mol. The second-order valence-corrected chi connectivity index (χ2v) is 5.20. The molecule has 4 heteroatoms. The molecule has 2 rings (SSSR count). The number of nitrogens with zero attached hydrogens (tertiary/aromatic N) is 1. The zero-order chi connectivity index (χ0) is 15.1. The van der Waals surface area contributed by atoms with Crippen molar-refractivity contribution in [3.8, 4) is 0 Å². The minimum Gasteiger partial charge on any atom is -0.353 e. The lowest BCUT2D eigenvalue weighted by molar-refractivity contribution is -0.120. The molecule has 0 aliphatic rings. The number of pyridine rings is 1. The number of aromatic nitrogens is 1. The fourth-order valence-electron chi connectivity index (χ4n) is 2.15. The fraction of sp³-hybridized carbons (Fsp3) is 0.294. The van der Waals surface area contributed by atoms with Gasteiger partial charge in [0.25, 0.3) is 0 Å². The van der Waals surface area contributed by atoms with E-state index in [0.717, 1.165) is 11.3 Å². The van der Waals surface area contributed by atoms with Gasteiger partial charge in [-0.25, -0.2) is 0 Å². The van der Waals surface area contributed by atoms with Crippen LogP contribution in [0.3, 0.4) is 0 Å². The average molecular weight is 283 g/mol. The Morgan fingerprint density at radius 2 is 1.81 bits per heavy atom. The summed E-state index contributed by atoms with van der Waals surface area (Å²) >= 11 is 0. The summed E-state index contributed by atoms with van der Waals surface area (Å²) in [6.07, 6.45) is 1.77. The molecule has 0 spiro atoms. The van der Waals surface area contributed by atoms with Crippen LogP contribution in [-0.2, 0) is 4.79 Å². The maximum Gasteiger partial charge on any atom is 0.234 e. The van der Waals surface area contributed by atoms with Crippen LogP contribution in [-0.4, -0.2) is 23.5 Å². The van der Waals surface area contributed by atoms with Crippen LogP contribution in [0.1, 0.15) is 31.1 Å². The van der Waals surface area contributed by atoms with Crippen LogP contribution in [0.2, 0.25) is 0 Å². The lowest BCUT2D eigenvalue weighted by atomic mass is 10.0. The standard InChI is InChI=1S/C17H21N3O/c1-13(2)20-16(21)12-19-17(14-8-4-3-5-9-14)15-10-6-7-11-18-15/h3-11,13,17,19H,12H2,1-2H3,(H,20,21). The van der Waals surface area contributed by atoms with E-state index in [4.69, 9.17) is 0 Å². The van der Waals surface area contributed by atoms with E-state index < -0.39 is 0 Å². The van der Waals surface area contributed by atoms with E-state index in [-0.39, 0.29) is 24.5 Å². The molecule has 0 saturated heterocycles. The number of rotatable bonds is 6. The number of nitrogens with one attached hydrogen (secondary N) is 2. The van der Waals surface area contributed by atoms with E-state index >= 15 is 0 Å². The first kappa shape index (κ1) is 15.2. The van der Waals surface area contributed by atoms with Crippen molar-refractivity contribution in [3.05, 3.63) is 66.0 Å². The molecule has 0 aliphatic heterocycles. The molecule has 1 aromatic heterocycles. The van der Waals surface area contributed by atoms with Gasteiger partial charge in [0.1, 0.15) is 0 Å². The van der Waals surface area contributed by atoms with Crippen molar-refractivity contribution in [1.29, 1.82) is 0 Å². The quantitative estimate of drug-likeness (QED) is 0.855. The molecular formula is C17H21N3O. The molecule has 1 unspecified atom stereocenters. The van der Waals surface area contributed by atoms with Gasteiger partial charge in [-0.3, -0.25) is 15.1 Å². The highest BCUT2D eigenvalue weighted by molar-refractivity contribution is 5.78. The Labute approximate surface area is 125 Å². The molecule has 0 fully saturated rings. The third-order valence-electron chi connectivity index (χ3n) is 3.03. The SMILES string of the molecule is CC(C)NC(=O)CNC(c1ccccc1)c1ccccn1. The molecule has 2 N–H and O–H groups in total. The fourth-order valence-corrected chi connectivity index (χ4v) is 2.15. The van der Waals surface area contributed by atoms with Gasteiger partial charge in [-0.05, 0) is 31.5 Å². The molecule has 0 aliphatic carbocycles. The number of benzene rings is 1. The van der Waals surface area contributed by atoms with Gasteiger partial charge in [0.2, 0.25) is 5.91 Å². The van der Waals surface area contributed by atoms with Crippen LogP contribution < -0.4 is 10.6 Å². The van der Waals surface area contributed by atoms with E-state index in [2.05, 4.69) is 15.6 Å². The van der Waals surface area contributed by atoms with Crippen LogP contribution in [0, 0.1) is 0 Å². The van der Waals surface area contributed by atoms with Crippen molar-refractivity contribution in [2.24, 2.45) is 0 Å². The van der Waals surface area contributed by atoms with Crippen LogP contribution >= 0.6 is 0 Å². The van der Waals surface area contributed by atoms with Crippen molar-refractivity contribution in [2.75, 3.05) is 6.54 Å². The topological polar surface area (TPSA) is 54.0 Å². The second kappa shape index (κ2) is 7.55. The number of carbonyl (C=O) groups excluding carboxylic acids is 1. The smallest absolute Gasteiger partial charge is 0.234 e. The molecule has 0 saturated carbocycles. The minimum atomic E-state index is -0.0923. The first-order valence-corrected chi connectivity index (χ1v) is 7.15. The molecule has 4 nitrogen and oxygen atoms in total. The van der Waals surface area contributed by atoms with E-state index in [1.165, 1.54) is 0 Å². The number of hydrogen-bond acceptors (Lipinski definition) is 3. The van der Waals surface area contributed by atoms with Crippen LogP contribution in [0.4, 0.5) is 0 Å². The molecule has 110 valence electrons.